The molecule has 3 rings (SSSR count). The van der Waals surface area contributed by atoms with Crippen molar-refractivity contribution in [3.05, 3.63) is 28.3 Å². The maximum absolute atomic E-state index is 12.9. The highest BCUT2D eigenvalue weighted by atomic mass is 35.5. The Morgan fingerprint density at radius 2 is 1.48 bits per heavy atom. The fourth-order valence-electron chi connectivity index (χ4n) is 3.85. The standard InChI is InChI=1S/C15H15Cl2N3O7S2/c16-11-7(28(18,24)25)4-8(29(19,26)27)13(12(11)17)20-14(21)9-5-1-2-6(3-5)10(9)15(22)23/h1-2,4-6,9-10H,3H2,(H,20,21)(H,22,23)(H2,18,24,25)(H2,19,26,27)/t5?,6?,9-,10+/m1/s1. The highest BCUT2D eigenvalue weighted by Gasteiger charge is 2.51. The monoisotopic (exact) mass is 483 g/mol. The zero-order chi connectivity index (χ0) is 21.9. The Kier molecular flexibility index (Phi) is 5.47. The van der Waals surface area contributed by atoms with Crippen LogP contribution >= 0.6 is 23.2 Å². The zero-order valence-corrected chi connectivity index (χ0v) is 17.5. The summed E-state index contributed by atoms with van der Waals surface area (Å²) in [5, 5.41) is 20.7. The summed E-state index contributed by atoms with van der Waals surface area (Å²) in [4.78, 5) is 22.8. The quantitative estimate of drug-likeness (QED) is 0.444. The molecule has 29 heavy (non-hydrogen) atoms. The van der Waals surface area contributed by atoms with Gasteiger partial charge < -0.3 is 10.4 Å². The highest BCUT2D eigenvalue weighted by molar-refractivity contribution is 7.90. The molecule has 1 aromatic rings. The molecule has 0 radical (unpaired) electrons. The first-order valence-corrected chi connectivity index (χ1v) is 11.9. The first-order chi connectivity index (χ1) is 13.2. The van der Waals surface area contributed by atoms with Gasteiger partial charge in [-0.05, 0) is 24.3 Å². The summed E-state index contributed by atoms with van der Waals surface area (Å²) in [6, 6.07) is 0.587. The number of allylic oxidation sites excluding steroid dienone is 2. The molecular formula is C15H15Cl2N3O7S2. The Bertz CT molecular complexity index is 1160. The van der Waals surface area contributed by atoms with Gasteiger partial charge in [0, 0.05) is 0 Å². The van der Waals surface area contributed by atoms with Gasteiger partial charge in [-0.15, -0.1) is 0 Å². The molecule has 0 heterocycles. The number of fused-ring (bicyclic) bond motifs is 2. The molecule has 2 aliphatic carbocycles. The van der Waals surface area contributed by atoms with E-state index in [1.54, 1.807) is 12.2 Å². The van der Waals surface area contributed by atoms with Crippen LogP contribution in [0.1, 0.15) is 6.42 Å². The molecular weight excluding hydrogens is 469 g/mol. The Hall–Kier alpha value is -1.70. The molecule has 0 spiro atoms. The van der Waals surface area contributed by atoms with Crippen LogP contribution in [0.5, 0.6) is 0 Å². The van der Waals surface area contributed by atoms with Crippen LogP contribution in [0.4, 0.5) is 5.69 Å². The first kappa shape index (κ1) is 22.0. The third-order valence-corrected chi connectivity index (χ3v) is 7.89. The molecule has 0 aliphatic heterocycles. The molecule has 6 N–H and O–H groups in total. The van der Waals surface area contributed by atoms with Crippen LogP contribution in [0.2, 0.25) is 10.0 Å². The molecule has 0 aromatic heterocycles. The Morgan fingerprint density at radius 3 is 1.97 bits per heavy atom. The van der Waals surface area contributed by atoms with Gasteiger partial charge in [0.25, 0.3) is 0 Å². The van der Waals surface area contributed by atoms with E-state index in [4.69, 9.17) is 33.5 Å². The second kappa shape index (κ2) is 7.22. The van der Waals surface area contributed by atoms with E-state index in [1.807, 2.05) is 0 Å². The first-order valence-electron chi connectivity index (χ1n) is 8.03. The van der Waals surface area contributed by atoms with Crippen LogP contribution in [0.25, 0.3) is 0 Å². The molecule has 1 fully saturated rings. The van der Waals surface area contributed by atoms with Gasteiger partial charge in [0.1, 0.15) is 9.79 Å². The van der Waals surface area contributed by atoms with Crippen LogP contribution in [-0.4, -0.2) is 33.8 Å². The second-order valence-electron chi connectivity index (χ2n) is 6.79. The summed E-state index contributed by atoms with van der Waals surface area (Å²) in [6.45, 7) is 0. The lowest BCUT2D eigenvalue weighted by molar-refractivity contribution is -0.146. The van der Waals surface area contributed by atoms with Crippen molar-refractivity contribution in [3.8, 4) is 0 Å². The van der Waals surface area contributed by atoms with E-state index in [1.165, 1.54) is 0 Å². The average Bonchev–Trinajstić information content (AvgIpc) is 3.17. The van der Waals surface area contributed by atoms with Gasteiger partial charge in [-0.25, -0.2) is 27.1 Å². The molecule has 1 amide bonds. The summed E-state index contributed by atoms with van der Waals surface area (Å²) in [6.07, 6.45) is 3.93. The molecule has 10 nitrogen and oxygen atoms in total. The summed E-state index contributed by atoms with van der Waals surface area (Å²) in [5.41, 5.74) is -0.549. The molecule has 0 saturated heterocycles. The maximum Gasteiger partial charge on any atom is 0.307 e. The number of amides is 1. The normalized spacial score (nSPS) is 25.9. The van der Waals surface area contributed by atoms with Crippen LogP contribution in [0.15, 0.2) is 28.0 Å². The van der Waals surface area contributed by atoms with Crippen molar-refractivity contribution in [2.24, 2.45) is 33.9 Å². The lowest BCUT2D eigenvalue weighted by Crippen LogP contribution is -2.37. The van der Waals surface area contributed by atoms with Gasteiger partial charge in [0.05, 0.1) is 27.6 Å². The number of primary sulfonamides is 2. The second-order valence-corrected chi connectivity index (χ2v) is 10.6. The number of carboxylic acids is 1. The fraction of sp³-hybridized carbons (Fsp3) is 0.333. The third-order valence-electron chi connectivity index (χ3n) is 5.05. The number of benzene rings is 1. The van der Waals surface area contributed by atoms with Crippen molar-refractivity contribution in [1.29, 1.82) is 0 Å². The molecule has 158 valence electrons. The van der Waals surface area contributed by atoms with Crippen LogP contribution in [0, 0.1) is 23.7 Å². The van der Waals surface area contributed by atoms with Crippen molar-refractivity contribution in [1.82, 2.24) is 0 Å². The minimum absolute atomic E-state index is 0.324. The molecule has 2 bridgehead atoms. The van der Waals surface area contributed by atoms with Crippen LogP contribution in [0.3, 0.4) is 0 Å². The number of hydrogen-bond acceptors (Lipinski definition) is 6. The van der Waals surface area contributed by atoms with Gasteiger partial charge in [-0.3, -0.25) is 9.59 Å². The average molecular weight is 484 g/mol. The van der Waals surface area contributed by atoms with Crippen molar-refractivity contribution < 1.29 is 31.5 Å². The summed E-state index contributed by atoms with van der Waals surface area (Å²) in [5.74, 6) is -4.63. The molecule has 2 aliphatic rings. The van der Waals surface area contributed by atoms with Gasteiger partial charge in [0.15, 0.2) is 0 Å². The van der Waals surface area contributed by atoms with Gasteiger partial charge in [0.2, 0.25) is 26.0 Å². The summed E-state index contributed by atoms with van der Waals surface area (Å²) < 4.78 is 47.3. The number of sulfonamides is 2. The van der Waals surface area contributed by atoms with E-state index >= 15 is 0 Å². The van der Waals surface area contributed by atoms with Gasteiger partial charge in [-0.2, -0.15) is 0 Å². The molecule has 1 saturated carbocycles. The molecule has 1 aromatic carbocycles. The largest absolute Gasteiger partial charge is 0.481 e. The number of anilines is 1. The van der Waals surface area contributed by atoms with Crippen LogP contribution < -0.4 is 15.6 Å². The number of aliphatic carboxylic acids is 1. The number of nitrogens with two attached hydrogens (primary N) is 2. The predicted molar refractivity (Wildman–Crippen MR) is 103 cm³/mol. The fourth-order valence-corrected chi connectivity index (χ4v) is 6.11. The predicted octanol–water partition coefficient (Wildman–Crippen LogP) is 0.750. The van der Waals surface area contributed by atoms with E-state index in [0.29, 0.717) is 12.5 Å². The van der Waals surface area contributed by atoms with Crippen molar-refractivity contribution >= 4 is 60.8 Å². The van der Waals surface area contributed by atoms with Crippen molar-refractivity contribution in [3.63, 3.8) is 0 Å². The SMILES string of the molecule is NS(=O)(=O)c1cc(S(N)(=O)=O)c(NC(=O)[C@@H]2C3C=CC(C3)[C@@H]2C(=O)O)c(Cl)c1Cl. The number of halogens is 2. The van der Waals surface area contributed by atoms with Crippen LogP contribution in [-0.2, 0) is 29.6 Å². The Labute approximate surface area is 175 Å². The van der Waals surface area contributed by atoms with Crippen molar-refractivity contribution in [2.45, 2.75) is 16.2 Å². The lowest BCUT2D eigenvalue weighted by Gasteiger charge is -2.25. The molecule has 2 unspecified atom stereocenters. The summed E-state index contributed by atoms with van der Waals surface area (Å²) >= 11 is 11.9. The Balaban J connectivity index is 2.10. The number of carbonyl (C=O) groups is 2. The van der Waals surface area contributed by atoms with E-state index in [0.717, 1.165) is 0 Å². The maximum atomic E-state index is 12.9. The minimum atomic E-state index is -4.57. The van der Waals surface area contributed by atoms with Gasteiger partial charge >= 0.3 is 5.97 Å². The number of hydrogen-bond donors (Lipinski definition) is 4. The molecule has 14 heteroatoms. The van der Waals surface area contributed by atoms with E-state index < -0.39 is 69.3 Å². The topological polar surface area (TPSA) is 187 Å². The number of nitrogens with one attached hydrogen (secondary N) is 1. The third kappa shape index (κ3) is 3.88. The minimum Gasteiger partial charge on any atom is -0.481 e. The molecule has 4 atom stereocenters. The zero-order valence-electron chi connectivity index (χ0n) is 14.4. The van der Waals surface area contributed by atoms with Gasteiger partial charge in [-0.1, -0.05) is 35.4 Å². The summed E-state index contributed by atoms with van der Waals surface area (Å²) in [7, 11) is -9.04. The lowest BCUT2D eigenvalue weighted by atomic mass is 9.82. The number of carboxylic acid groups (broad SMARTS) is 1. The smallest absolute Gasteiger partial charge is 0.307 e. The van der Waals surface area contributed by atoms with E-state index in [-0.39, 0.29) is 11.8 Å². The van der Waals surface area contributed by atoms with E-state index in [2.05, 4.69) is 5.32 Å². The number of carbonyl (C=O) groups excluding carboxylic acids is 1. The highest BCUT2D eigenvalue weighted by Crippen LogP contribution is 2.49. The van der Waals surface area contributed by atoms with E-state index in [9.17, 15) is 31.5 Å². The Morgan fingerprint density at radius 1 is 0.966 bits per heavy atom. The van der Waals surface area contributed by atoms with Crippen molar-refractivity contribution in [2.75, 3.05) is 5.32 Å². The number of rotatable bonds is 5.